The summed E-state index contributed by atoms with van der Waals surface area (Å²) in [7, 11) is 0. The Bertz CT molecular complexity index is 403. The molecule has 0 heterocycles. The fourth-order valence-electron chi connectivity index (χ4n) is 2.75. The SMILES string of the molecule is CCNC(=NCCOC1CCCCCC1)NCCNC(=O)C(C)(C)C.I. The molecule has 0 saturated heterocycles. The minimum absolute atomic E-state index is 0. The minimum atomic E-state index is -0.353. The first-order valence-corrected chi connectivity index (χ1v) is 9.85. The number of halogens is 1. The smallest absolute Gasteiger partial charge is 0.225 e. The van der Waals surface area contributed by atoms with Crippen LogP contribution >= 0.6 is 24.0 Å². The second-order valence-corrected chi connectivity index (χ2v) is 7.68. The third-order valence-corrected chi connectivity index (χ3v) is 4.25. The molecule has 0 radical (unpaired) electrons. The molecule has 0 aromatic heterocycles. The molecule has 7 heteroatoms. The highest BCUT2D eigenvalue weighted by Crippen LogP contribution is 2.19. The fraction of sp³-hybridized carbons (Fsp3) is 0.895. The Hall–Kier alpha value is -0.570. The van der Waals surface area contributed by atoms with Gasteiger partial charge in [0.25, 0.3) is 0 Å². The van der Waals surface area contributed by atoms with Crippen LogP contribution in [-0.2, 0) is 9.53 Å². The zero-order valence-corrected chi connectivity index (χ0v) is 19.4. The van der Waals surface area contributed by atoms with Gasteiger partial charge in [-0.05, 0) is 19.8 Å². The van der Waals surface area contributed by atoms with Gasteiger partial charge in [-0.1, -0.05) is 46.5 Å². The predicted molar refractivity (Wildman–Crippen MR) is 119 cm³/mol. The summed E-state index contributed by atoms with van der Waals surface area (Å²) in [5, 5.41) is 9.39. The number of ether oxygens (including phenoxy) is 1. The summed E-state index contributed by atoms with van der Waals surface area (Å²) in [5.41, 5.74) is -0.353. The Labute approximate surface area is 176 Å². The third-order valence-electron chi connectivity index (χ3n) is 4.25. The van der Waals surface area contributed by atoms with Crippen LogP contribution in [0.1, 0.15) is 66.2 Å². The molecule has 1 rings (SSSR count). The van der Waals surface area contributed by atoms with Gasteiger partial charge in [0.2, 0.25) is 5.91 Å². The number of nitrogens with zero attached hydrogens (tertiary/aromatic N) is 1. The number of hydrogen-bond donors (Lipinski definition) is 3. The first-order valence-electron chi connectivity index (χ1n) is 9.85. The van der Waals surface area contributed by atoms with Crippen LogP contribution < -0.4 is 16.0 Å². The first kappa shape index (κ1) is 25.4. The van der Waals surface area contributed by atoms with Crippen LogP contribution in [0, 0.1) is 5.41 Å². The third kappa shape index (κ3) is 11.9. The Morgan fingerprint density at radius 3 is 2.23 bits per heavy atom. The van der Waals surface area contributed by atoms with E-state index < -0.39 is 0 Å². The average Bonchev–Trinajstić information content (AvgIpc) is 2.83. The molecule has 3 N–H and O–H groups in total. The molecule has 0 bridgehead atoms. The molecule has 1 aliphatic rings. The summed E-state index contributed by atoms with van der Waals surface area (Å²) in [4.78, 5) is 16.4. The molecule has 0 spiro atoms. The number of guanidine groups is 1. The van der Waals surface area contributed by atoms with Gasteiger partial charge in [0, 0.05) is 25.0 Å². The van der Waals surface area contributed by atoms with Crippen LogP contribution in [0.4, 0.5) is 0 Å². The van der Waals surface area contributed by atoms with Crippen molar-refractivity contribution in [3.8, 4) is 0 Å². The van der Waals surface area contributed by atoms with Gasteiger partial charge in [0.1, 0.15) is 0 Å². The second-order valence-electron chi connectivity index (χ2n) is 7.68. The van der Waals surface area contributed by atoms with Crippen LogP contribution in [0.25, 0.3) is 0 Å². The molecule has 0 unspecified atom stereocenters. The van der Waals surface area contributed by atoms with E-state index >= 15 is 0 Å². The molecule has 0 aromatic rings. The molecule has 1 fully saturated rings. The van der Waals surface area contributed by atoms with E-state index in [9.17, 15) is 4.79 Å². The zero-order chi connectivity index (χ0) is 18.5. The molecule has 1 saturated carbocycles. The van der Waals surface area contributed by atoms with E-state index in [2.05, 4.69) is 20.9 Å². The van der Waals surface area contributed by atoms with Crippen LogP contribution in [0.2, 0.25) is 0 Å². The van der Waals surface area contributed by atoms with Gasteiger partial charge < -0.3 is 20.7 Å². The van der Waals surface area contributed by atoms with E-state index in [1.807, 2.05) is 27.7 Å². The topological polar surface area (TPSA) is 74.8 Å². The number of nitrogens with one attached hydrogen (secondary N) is 3. The maximum atomic E-state index is 11.8. The van der Waals surface area contributed by atoms with Gasteiger partial charge in [-0.3, -0.25) is 9.79 Å². The first-order chi connectivity index (χ1) is 11.9. The Morgan fingerprint density at radius 2 is 1.65 bits per heavy atom. The lowest BCUT2D eigenvalue weighted by Crippen LogP contribution is -2.43. The number of carbonyl (C=O) groups is 1. The molecule has 1 aliphatic carbocycles. The second kappa shape index (κ2) is 14.5. The summed E-state index contributed by atoms with van der Waals surface area (Å²) in [6, 6.07) is 0. The number of carbonyl (C=O) groups excluding carboxylic acids is 1. The lowest BCUT2D eigenvalue weighted by Gasteiger charge is -2.18. The van der Waals surface area contributed by atoms with Crippen molar-refractivity contribution in [2.75, 3.05) is 32.8 Å². The predicted octanol–water partition coefficient (Wildman–Crippen LogP) is 3.06. The van der Waals surface area contributed by atoms with Gasteiger partial charge in [-0.15, -0.1) is 24.0 Å². The van der Waals surface area contributed by atoms with E-state index in [4.69, 9.17) is 4.74 Å². The van der Waals surface area contributed by atoms with Crippen molar-refractivity contribution in [2.24, 2.45) is 10.4 Å². The van der Waals surface area contributed by atoms with Gasteiger partial charge in [0.15, 0.2) is 5.96 Å². The van der Waals surface area contributed by atoms with Crippen LogP contribution in [0.3, 0.4) is 0 Å². The van der Waals surface area contributed by atoms with E-state index in [-0.39, 0.29) is 35.3 Å². The number of hydrogen-bond acceptors (Lipinski definition) is 3. The van der Waals surface area contributed by atoms with Crippen molar-refractivity contribution in [3.05, 3.63) is 0 Å². The number of amides is 1. The van der Waals surface area contributed by atoms with E-state index in [1.54, 1.807) is 0 Å². The summed E-state index contributed by atoms with van der Waals surface area (Å²) in [5.74, 6) is 0.838. The Kier molecular flexibility index (Phi) is 14.2. The maximum absolute atomic E-state index is 11.8. The van der Waals surface area contributed by atoms with E-state index in [0.717, 1.165) is 12.5 Å². The Balaban J connectivity index is 0.00000625. The maximum Gasteiger partial charge on any atom is 0.225 e. The van der Waals surface area contributed by atoms with Crippen LogP contribution in [0.15, 0.2) is 4.99 Å². The van der Waals surface area contributed by atoms with Gasteiger partial charge in [-0.25, -0.2) is 0 Å². The highest BCUT2D eigenvalue weighted by molar-refractivity contribution is 14.0. The fourth-order valence-corrected chi connectivity index (χ4v) is 2.75. The van der Waals surface area contributed by atoms with Crippen LogP contribution in [0.5, 0.6) is 0 Å². The molecule has 1 amide bonds. The zero-order valence-electron chi connectivity index (χ0n) is 17.0. The summed E-state index contributed by atoms with van der Waals surface area (Å²) >= 11 is 0. The highest BCUT2D eigenvalue weighted by Gasteiger charge is 2.20. The molecule has 154 valence electrons. The molecule has 0 aromatic carbocycles. The number of aliphatic imine (C=N–C) groups is 1. The molecule has 26 heavy (non-hydrogen) atoms. The summed E-state index contributed by atoms with van der Waals surface area (Å²) < 4.78 is 5.97. The van der Waals surface area contributed by atoms with Gasteiger partial charge >= 0.3 is 0 Å². The van der Waals surface area contributed by atoms with Crippen molar-refractivity contribution in [1.29, 1.82) is 0 Å². The minimum Gasteiger partial charge on any atom is -0.376 e. The normalized spacial score (nSPS) is 16.4. The monoisotopic (exact) mass is 482 g/mol. The quantitative estimate of drug-likeness (QED) is 0.164. The molecular weight excluding hydrogens is 443 g/mol. The highest BCUT2D eigenvalue weighted by atomic mass is 127. The molecule has 6 nitrogen and oxygen atoms in total. The van der Waals surface area contributed by atoms with Crippen molar-refractivity contribution in [3.63, 3.8) is 0 Å². The molecular formula is C19H39IN4O2. The average molecular weight is 482 g/mol. The van der Waals surface area contributed by atoms with E-state index in [1.165, 1.54) is 38.5 Å². The van der Waals surface area contributed by atoms with Gasteiger partial charge in [-0.2, -0.15) is 0 Å². The van der Waals surface area contributed by atoms with Crippen molar-refractivity contribution in [1.82, 2.24) is 16.0 Å². The lowest BCUT2D eigenvalue weighted by molar-refractivity contribution is -0.128. The van der Waals surface area contributed by atoms with E-state index in [0.29, 0.717) is 32.3 Å². The standard InChI is InChI=1S/C19H38N4O2.HI/c1-5-20-18(22-13-12-21-17(24)19(2,3)4)23-14-15-25-16-10-8-6-7-9-11-16;/h16H,5-15H2,1-4H3,(H,21,24)(H2,20,22,23);1H. The molecule has 0 aliphatic heterocycles. The molecule has 0 atom stereocenters. The lowest BCUT2D eigenvalue weighted by atomic mass is 9.96. The Morgan fingerprint density at radius 1 is 1.04 bits per heavy atom. The van der Waals surface area contributed by atoms with Crippen LogP contribution in [-0.4, -0.2) is 50.8 Å². The van der Waals surface area contributed by atoms with Crippen molar-refractivity contribution >= 4 is 35.8 Å². The summed E-state index contributed by atoms with van der Waals surface area (Å²) in [6.07, 6.45) is 8.07. The van der Waals surface area contributed by atoms with Gasteiger partial charge in [0.05, 0.1) is 19.3 Å². The number of rotatable bonds is 8. The van der Waals surface area contributed by atoms with Crippen molar-refractivity contribution < 1.29 is 9.53 Å². The largest absolute Gasteiger partial charge is 0.376 e. The summed E-state index contributed by atoms with van der Waals surface area (Å²) in [6.45, 7) is 11.1. The van der Waals surface area contributed by atoms with Crippen molar-refractivity contribution in [2.45, 2.75) is 72.3 Å².